The number of aryl methyl sites for hydroxylation is 1. The average molecular weight is 776 g/mol. The number of unbranched alkanes of at least 4 members (excludes halogenated alkanes) is 1. The number of carboxylic acid groups (broad SMARTS) is 1. The molecule has 2 atom stereocenters. The van der Waals surface area contributed by atoms with E-state index in [0.717, 1.165) is 48.3 Å². The third-order valence-corrected chi connectivity index (χ3v) is 11.0. The van der Waals surface area contributed by atoms with Crippen LogP contribution in [0, 0.1) is 24.2 Å². The number of fused-ring (bicyclic) bond motifs is 1. The van der Waals surface area contributed by atoms with Gasteiger partial charge in [0.2, 0.25) is 21.8 Å². The highest BCUT2D eigenvalue weighted by Crippen LogP contribution is 2.29. The standard InChI is InChI=1S/C33H49N5O9S.C4H10.C2H2/c1-4-9-26(29(40)36-48(45,46)24-14-15-24)35-30(41)27-13-8-17-38(27)28(39)18-34-31(42)47-21-33(2,3)16-6-5-10-22-11-7-12-23-19-37(32(43)44)20-25(22)23;1-4(2)3;1-2/h7,11-12,24,26-27H,4-6,8-10,13-21H2,1-3H3,(H,34,42)(H,35,41)(H,36,40)(H,43,44);4H,1-3H3;1-2H/t26?,27-;;/m0../s1. The minimum atomic E-state index is -3.76. The van der Waals surface area contributed by atoms with E-state index in [1.54, 1.807) is 0 Å². The lowest BCUT2D eigenvalue weighted by atomic mass is 9.87. The first kappa shape index (κ1) is 45.8. The van der Waals surface area contributed by atoms with E-state index in [9.17, 15) is 37.5 Å². The Morgan fingerprint density at radius 2 is 1.70 bits per heavy atom. The van der Waals surface area contributed by atoms with E-state index in [2.05, 4.69) is 49.0 Å². The lowest BCUT2D eigenvalue weighted by molar-refractivity contribution is -0.138. The summed E-state index contributed by atoms with van der Waals surface area (Å²) in [5.74, 6) is -0.953. The SMILES string of the molecule is C#C.CC(C)C.CCCC(NC(=O)[C@@H]1CCCN1C(=O)CNC(=O)OCC(C)(C)CCCCc1cccc2c1CN(C(=O)O)C2)C(=O)NS(=O)(=O)C1CC1. The highest BCUT2D eigenvalue weighted by Gasteiger charge is 2.40. The molecule has 1 unspecified atom stereocenters. The second kappa shape index (κ2) is 21.5. The smallest absolute Gasteiger partial charge is 0.407 e. The topological polar surface area (TPSA) is 192 Å². The Morgan fingerprint density at radius 1 is 1.04 bits per heavy atom. The third kappa shape index (κ3) is 14.8. The van der Waals surface area contributed by atoms with Crippen molar-refractivity contribution in [2.75, 3.05) is 19.7 Å². The molecule has 4 rings (SSSR count). The number of alkyl carbamates (subject to hydrolysis) is 1. The van der Waals surface area contributed by atoms with Crippen molar-refractivity contribution < 1.29 is 42.2 Å². The molecule has 0 bridgehead atoms. The number of carbonyl (C=O) groups is 5. The molecule has 2 fully saturated rings. The monoisotopic (exact) mass is 775 g/mol. The Labute approximate surface area is 321 Å². The van der Waals surface area contributed by atoms with Gasteiger partial charge in [-0.1, -0.05) is 72.6 Å². The Balaban J connectivity index is 0.00000157. The van der Waals surface area contributed by atoms with Gasteiger partial charge >= 0.3 is 12.2 Å². The highest BCUT2D eigenvalue weighted by molar-refractivity contribution is 7.90. The molecule has 15 heteroatoms. The lowest BCUT2D eigenvalue weighted by Crippen LogP contribution is -2.54. The van der Waals surface area contributed by atoms with Crippen molar-refractivity contribution in [3.8, 4) is 12.8 Å². The van der Waals surface area contributed by atoms with Gasteiger partial charge in [-0.2, -0.15) is 0 Å². The summed E-state index contributed by atoms with van der Waals surface area (Å²) in [6, 6.07) is 4.10. The first-order chi connectivity index (χ1) is 25.4. The van der Waals surface area contributed by atoms with Gasteiger partial charge in [-0.05, 0) is 79.4 Å². The molecule has 1 aromatic rings. The number of carbonyl (C=O) groups excluding carboxylic acids is 4. The number of ether oxygens (including phenoxy) is 1. The van der Waals surface area contributed by atoms with Crippen molar-refractivity contribution in [3.63, 3.8) is 0 Å². The molecule has 1 aliphatic carbocycles. The molecule has 1 saturated heterocycles. The minimum Gasteiger partial charge on any atom is -0.465 e. The summed E-state index contributed by atoms with van der Waals surface area (Å²) in [6.45, 7) is 13.2. The fourth-order valence-electron chi connectivity index (χ4n) is 6.25. The molecule has 2 aliphatic heterocycles. The van der Waals surface area contributed by atoms with Crippen LogP contribution in [0.25, 0.3) is 0 Å². The molecule has 3 aliphatic rings. The fourth-order valence-corrected chi connectivity index (χ4v) is 7.60. The predicted octanol–water partition coefficient (Wildman–Crippen LogP) is 4.94. The molecule has 0 spiro atoms. The lowest BCUT2D eigenvalue weighted by Gasteiger charge is -2.27. The van der Waals surface area contributed by atoms with Crippen LogP contribution < -0.4 is 15.4 Å². The van der Waals surface area contributed by atoms with Gasteiger partial charge in [-0.25, -0.2) is 18.0 Å². The number of nitrogens with zero attached hydrogens (tertiary/aromatic N) is 2. The maximum absolute atomic E-state index is 13.1. The number of nitrogens with one attached hydrogen (secondary N) is 3. The normalized spacial score (nSPS) is 16.9. The molecular weight excluding hydrogens is 715 g/mol. The summed E-state index contributed by atoms with van der Waals surface area (Å²) < 4.78 is 32.0. The van der Waals surface area contributed by atoms with Gasteiger partial charge in [-0.15, -0.1) is 12.8 Å². The Kier molecular flexibility index (Phi) is 18.3. The largest absolute Gasteiger partial charge is 0.465 e. The number of hydrogen-bond donors (Lipinski definition) is 4. The van der Waals surface area contributed by atoms with Crippen LogP contribution in [0.2, 0.25) is 0 Å². The zero-order chi connectivity index (χ0) is 40.6. The molecule has 302 valence electrons. The quantitative estimate of drug-likeness (QED) is 0.133. The van der Waals surface area contributed by atoms with Gasteiger partial charge in [-0.3, -0.25) is 24.0 Å². The molecule has 5 amide bonds. The van der Waals surface area contributed by atoms with Gasteiger partial charge in [0.15, 0.2) is 0 Å². The zero-order valence-electron chi connectivity index (χ0n) is 32.8. The summed E-state index contributed by atoms with van der Waals surface area (Å²) in [4.78, 5) is 65.4. The molecule has 1 saturated carbocycles. The third-order valence-electron chi connectivity index (χ3n) is 9.17. The van der Waals surface area contributed by atoms with Crippen molar-refractivity contribution in [3.05, 3.63) is 34.9 Å². The minimum absolute atomic E-state index is 0.146. The summed E-state index contributed by atoms with van der Waals surface area (Å²) in [5, 5.41) is 13.9. The Morgan fingerprint density at radius 3 is 2.31 bits per heavy atom. The second-order valence-electron chi connectivity index (χ2n) is 15.5. The van der Waals surface area contributed by atoms with Crippen LogP contribution in [0.4, 0.5) is 9.59 Å². The number of terminal acetylenes is 1. The van der Waals surface area contributed by atoms with E-state index in [4.69, 9.17) is 4.74 Å². The first-order valence-corrected chi connectivity index (χ1v) is 20.5. The number of likely N-dealkylation sites (tertiary alicyclic amines) is 1. The summed E-state index contributed by atoms with van der Waals surface area (Å²) in [7, 11) is -3.76. The average Bonchev–Trinajstić information content (AvgIpc) is 3.70. The fraction of sp³-hybridized carbons (Fsp3) is 0.667. The zero-order valence-corrected chi connectivity index (χ0v) is 33.6. The molecular formula is C39H61N5O9S. The van der Waals surface area contributed by atoms with E-state index in [1.165, 1.54) is 9.80 Å². The van der Waals surface area contributed by atoms with E-state index in [-0.39, 0.29) is 25.0 Å². The molecule has 2 heterocycles. The number of amides is 5. The van der Waals surface area contributed by atoms with E-state index in [0.29, 0.717) is 51.7 Å². The van der Waals surface area contributed by atoms with Crippen LogP contribution in [0.15, 0.2) is 18.2 Å². The first-order valence-electron chi connectivity index (χ1n) is 18.9. The van der Waals surface area contributed by atoms with Gasteiger partial charge in [0.25, 0.3) is 5.91 Å². The van der Waals surface area contributed by atoms with Crippen LogP contribution in [-0.2, 0) is 48.7 Å². The van der Waals surface area contributed by atoms with E-state index < -0.39 is 57.3 Å². The molecule has 1 aromatic carbocycles. The van der Waals surface area contributed by atoms with Crippen LogP contribution in [-0.4, -0.2) is 90.3 Å². The summed E-state index contributed by atoms with van der Waals surface area (Å²) in [5.41, 5.74) is 3.01. The van der Waals surface area contributed by atoms with Crippen LogP contribution >= 0.6 is 0 Å². The van der Waals surface area contributed by atoms with Crippen molar-refractivity contribution in [1.29, 1.82) is 0 Å². The molecule has 54 heavy (non-hydrogen) atoms. The van der Waals surface area contributed by atoms with E-state index >= 15 is 0 Å². The molecule has 0 aromatic heterocycles. The highest BCUT2D eigenvalue weighted by atomic mass is 32.2. The van der Waals surface area contributed by atoms with Crippen molar-refractivity contribution in [2.24, 2.45) is 11.3 Å². The summed E-state index contributed by atoms with van der Waals surface area (Å²) >= 11 is 0. The van der Waals surface area contributed by atoms with Crippen LogP contribution in [0.3, 0.4) is 0 Å². The van der Waals surface area contributed by atoms with Crippen LogP contribution in [0.1, 0.15) is 116 Å². The maximum atomic E-state index is 13.1. The number of sulfonamides is 1. The number of rotatable bonds is 16. The summed E-state index contributed by atoms with van der Waals surface area (Å²) in [6.07, 6.45) is 12.5. The molecule has 0 radical (unpaired) electrons. The number of hydrogen-bond acceptors (Lipinski definition) is 8. The van der Waals surface area contributed by atoms with Crippen molar-refractivity contribution in [1.82, 2.24) is 25.2 Å². The van der Waals surface area contributed by atoms with E-state index in [1.807, 2.05) is 39.0 Å². The molecule has 14 nitrogen and oxygen atoms in total. The van der Waals surface area contributed by atoms with Crippen LogP contribution in [0.5, 0.6) is 0 Å². The van der Waals surface area contributed by atoms with Crippen molar-refractivity contribution >= 4 is 39.9 Å². The maximum Gasteiger partial charge on any atom is 0.407 e. The second-order valence-corrected chi connectivity index (χ2v) is 17.5. The van der Waals surface area contributed by atoms with Gasteiger partial charge in [0, 0.05) is 19.6 Å². The Bertz CT molecular complexity index is 1570. The predicted molar refractivity (Wildman–Crippen MR) is 206 cm³/mol. The van der Waals surface area contributed by atoms with Gasteiger partial charge in [0.05, 0.1) is 11.9 Å². The van der Waals surface area contributed by atoms with Crippen molar-refractivity contribution in [2.45, 2.75) is 136 Å². The van der Waals surface area contributed by atoms with Gasteiger partial charge < -0.3 is 25.4 Å². The molecule has 4 N–H and O–H groups in total. The Hall–Kier alpha value is -4.32. The van der Waals surface area contributed by atoms with Gasteiger partial charge in [0.1, 0.15) is 18.6 Å². The number of benzene rings is 1.